The molecule has 0 aromatic heterocycles. The van der Waals surface area contributed by atoms with Crippen molar-refractivity contribution in [1.29, 1.82) is 5.26 Å². The smallest absolute Gasteiger partial charge is 0.226 e. The molecule has 1 atom stereocenters. The number of rotatable bonds is 7. The van der Waals surface area contributed by atoms with Crippen molar-refractivity contribution in [3.05, 3.63) is 63.1 Å². The Hall–Kier alpha value is -2.06. The number of carbonyl (C=O) groups excluding carboxylic acids is 1. The highest BCUT2D eigenvalue weighted by Gasteiger charge is 2.19. The first kappa shape index (κ1) is 20.3. The van der Waals surface area contributed by atoms with Crippen molar-refractivity contribution >= 4 is 34.8 Å². The predicted octanol–water partition coefficient (Wildman–Crippen LogP) is 5.32. The van der Waals surface area contributed by atoms with E-state index in [1.807, 2.05) is 32.0 Å². The Balaban J connectivity index is 2.23. The first-order valence-corrected chi connectivity index (χ1v) is 9.04. The summed E-state index contributed by atoms with van der Waals surface area (Å²) < 4.78 is 5.19. The lowest BCUT2D eigenvalue weighted by atomic mass is 9.91. The van der Waals surface area contributed by atoms with E-state index in [1.54, 1.807) is 18.2 Å². The van der Waals surface area contributed by atoms with Crippen molar-refractivity contribution in [2.45, 2.75) is 26.2 Å². The van der Waals surface area contributed by atoms with Crippen molar-refractivity contribution in [1.82, 2.24) is 0 Å². The molecule has 1 amide bonds. The zero-order valence-electron chi connectivity index (χ0n) is 14.7. The van der Waals surface area contributed by atoms with E-state index in [0.29, 0.717) is 34.5 Å². The summed E-state index contributed by atoms with van der Waals surface area (Å²) in [6, 6.07) is 12.9. The number of nitrogens with zero attached hydrogens (tertiary/aromatic N) is 1. The molecule has 6 heteroatoms. The first-order valence-electron chi connectivity index (χ1n) is 8.29. The summed E-state index contributed by atoms with van der Waals surface area (Å²) >= 11 is 12.3. The third-order valence-corrected chi connectivity index (χ3v) is 4.52. The minimum atomic E-state index is -0.513. The Bertz CT molecular complexity index is 814. The highest BCUT2D eigenvalue weighted by atomic mass is 35.5. The van der Waals surface area contributed by atoms with Gasteiger partial charge in [-0.1, -0.05) is 41.4 Å². The molecule has 0 bridgehead atoms. The lowest BCUT2D eigenvalue weighted by Crippen LogP contribution is -2.15. The standard InChI is InChI=1S/C20H20Cl2N2O2/c1-3-26-9-8-20(25)24-19-11-18(22)16(10-13(19)2)17(12-23)14-4-6-15(21)7-5-14/h4-7,10-11,17H,3,8-9H2,1-2H3,(H,24,25). The fraction of sp³-hybridized carbons (Fsp3) is 0.300. The predicted molar refractivity (Wildman–Crippen MR) is 105 cm³/mol. The second-order valence-corrected chi connectivity index (χ2v) is 6.64. The zero-order valence-corrected chi connectivity index (χ0v) is 16.2. The Morgan fingerprint density at radius 1 is 1.27 bits per heavy atom. The lowest BCUT2D eigenvalue weighted by molar-refractivity contribution is -0.117. The van der Waals surface area contributed by atoms with Gasteiger partial charge in [0.1, 0.15) is 0 Å². The van der Waals surface area contributed by atoms with Gasteiger partial charge in [-0.05, 0) is 48.7 Å². The quantitative estimate of drug-likeness (QED) is 0.650. The normalized spacial score (nSPS) is 11.7. The van der Waals surface area contributed by atoms with Gasteiger partial charge in [-0.25, -0.2) is 0 Å². The number of ether oxygens (including phenoxy) is 1. The molecule has 0 spiro atoms. The maximum atomic E-state index is 12.0. The number of hydrogen-bond acceptors (Lipinski definition) is 3. The van der Waals surface area contributed by atoms with Crippen LogP contribution in [0, 0.1) is 18.3 Å². The second-order valence-electron chi connectivity index (χ2n) is 5.80. The summed E-state index contributed by atoms with van der Waals surface area (Å²) in [5, 5.41) is 13.5. The number of hydrogen-bond donors (Lipinski definition) is 1. The molecule has 1 N–H and O–H groups in total. The average molecular weight is 391 g/mol. The summed E-state index contributed by atoms with van der Waals surface area (Å²) in [6.07, 6.45) is 0.276. The molecule has 136 valence electrons. The molecule has 1 unspecified atom stereocenters. The van der Waals surface area contributed by atoms with E-state index in [9.17, 15) is 10.1 Å². The van der Waals surface area contributed by atoms with Gasteiger partial charge >= 0.3 is 0 Å². The molecule has 4 nitrogen and oxygen atoms in total. The highest BCUT2D eigenvalue weighted by Crippen LogP contribution is 2.34. The number of halogens is 2. The number of aryl methyl sites for hydroxylation is 1. The van der Waals surface area contributed by atoms with Gasteiger partial charge in [0, 0.05) is 22.3 Å². The van der Waals surface area contributed by atoms with Crippen LogP contribution in [0.25, 0.3) is 0 Å². The molecule has 2 aromatic carbocycles. The van der Waals surface area contributed by atoms with Crippen LogP contribution < -0.4 is 5.32 Å². The molecule has 0 aliphatic carbocycles. The van der Waals surface area contributed by atoms with Gasteiger partial charge in [-0.3, -0.25) is 4.79 Å². The van der Waals surface area contributed by atoms with Crippen molar-refractivity contribution in [3.8, 4) is 6.07 Å². The first-order chi connectivity index (χ1) is 12.5. The molecule has 0 aliphatic rings. The van der Waals surface area contributed by atoms with Gasteiger partial charge < -0.3 is 10.1 Å². The van der Waals surface area contributed by atoms with Crippen molar-refractivity contribution in [2.24, 2.45) is 0 Å². The molecule has 0 radical (unpaired) electrons. The molecule has 26 heavy (non-hydrogen) atoms. The third kappa shape index (κ3) is 5.22. The number of amides is 1. The fourth-order valence-electron chi connectivity index (χ4n) is 2.56. The summed E-state index contributed by atoms with van der Waals surface area (Å²) in [5.41, 5.74) is 2.98. The second kappa shape index (κ2) is 9.59. The maximum Gasteiger partial charge on any atom is 0.226 e. The number of benzene rings is 2. The van der Waals surface area contributed by atoms with Crippen molar-refractivity contribution in [3.63, 3.8) is 0 Å². The van der Waals surface area contributed by atoms with Crippen LogP contribution in [0.2, 0.25) is 10.0 Å². The van der Waals surface area contributed by atoms with E-state index in [2.05, 4.69) is 11.4 Å². The van der Waals surface area contributed by atoms with Crippen LogP contribution in [-0.4, -0.2) is 19.1 Å². The van der Waals surface area contributed by atoms with Crippen molar-refractivity contribution < 1.29 is 9.53 Å². The zero-order chi connectivity index (χ0) is 19.1. The Labute approximate surface area is 163 Å². The number of nitriles is 1. The maximum absolute atomic E-state index is 12.0. The molecule has 0 aliphatic heterocycles. The Morgan fingerprint density at radius 2 is 1.96 bits per heavy atom. The van der Waals surface area contributed by atoms with E-state index < -0.39 is 5.92 Å². The van der Waals surface area contributed by atoms with Crippen LogP contribution in [-0.2, 0) is 9.53 Å². The topological polar surface area (TPSA) is 62.1 Å². The van der Waals surface area contributed by atoms with Crippen LogP contribution in [0.15, 0.2) is 36.4 Å². The van der Waals surface area contributed by atoms with Crippen molar-refractivity contribution in [2.75, 3.05) is 18.5 Å². The van der Waals surface area contributed by atoms with Gasteiger partial charge in [0.25, 0.3) is 0 Å². The minimum Gasteiger partial charge on any atom is -0.381 e. The molecule has 2 rings (SSSR count). The van der Waals surface area contributed by atoms with E-state index in [4.69, 9.17) is 27.9 Å². The molecular weight excluding hydrogens is 371 g/mol. The fourth-order valence-corrected chi connectivity index (χ4v) is 2.96. The van der Waals surface area contributed by atoms with E-state index in [1.165, 1.54) is 0 Å². The third-order valence-electron chi connectivity index (χ3n) is 3.94. The van der Waals surface area contributed by atoms with Gasteiger partial charge in [-0.2, -0.15) is 5.26 Å². The number of nitrogens with one attached hydrogen (secondary N) is 1. The van der Waals surface area contributed by atoms with Gasteiger partial charge in [0.2, 0.25) is 5.91 Å². The summed E-state index contributed by atoms with van der Waals surface area (Å²) in [4.78, 5) is 12.0. The average Bonchev–Trinajstić information content (AvgIpc) is 2.61. The van der Waals surface area contributed by atoms with Crippen LogP contribution in [0.1, 0.15) is 36.0 Å². The molecule has 0 saturated carbocycles. The van der Waals surface area contributed by atoms with Crippen LogP contribution in [0.4, 0.5) is 5.69 Å². The molecule has 0 fully saturated rings. The van der Waals surface area contributed by atoms with E-state index >= 15 is 0 Å². The number of anilines is 1. The highest BCUT2D eigenvalue weighted by molar-refractivity contribution is 6.32. The largest absolute Gasteiger partial charge is 0.381 e. The van der Waals surface area contributed by atoms with E-state index in [-0.39, 0.29) is 12.3 Å². The van der Waals surface area contributed by atoms with E-state index in [0.717, 1.165) is 11.1 Å². The minimum absolute atomic E-state index is 0.139. The molecule has 0 saturated heterocycles. The molecular formula is C20H20Cl2N2O2. The van der Waals surface area contributed by atoms with Gasteiger partial charge in [0.15, 0.2) is 0 Å². The van der Waals surface area contributed by atoms with Gasteiger partial charge in [0.05, 0.1) is 25.0 Å². The molecule has 0 heterocycles. The lowest BCUT2D eigenvalue weighted by Gasteiger charge is -2.16. The monoisotopic (exact) mass is 390 g/mol. The van der Waals surface area contributed by atoms with Crippen LogP contribution in [0.5, 0.6) is 0 Å². The number of carbonyl (C=O) groups is 1. The summed E-state index contributed by atoms with van der Waals surface area (Å²) in [5.74, 6) is -0.652. The molecule has 2 aromatic rings. The van der Waals surface area contributed by atoms with Crippen LogP contribution in [0.3, 0.4) is 0 Å². The SMILES string of the molecule is CCOCCC(=O)Nc1cc(Cl)c(C(C#N)c2ccc(Cl)cc2)cc1C. The van der Waals surface area contributed by atoms with Crippen LogP contribution >= 0.6 is 23.2 Å². The summed E-state index contributed by atoms with van der Waals surface area (Å²) in [7, 11) is 0. The Morgan fingerprint density at radius 3 is 2.58 bits per heavy atom. The Kier molecular flexibility index (Phi) is 7.47. The van der Waals surface area contributed by atoms with Gasteiger partial charge in [-0.15, -0.1) is 0 Å². The summed E-state index contributed by atoms with van der Waals surface area (Å²) in [6.45, 7) is 4.70.